The second-order valence-electron chi connectivity index (χ2n) is 6.11. The predicted molar refractivity (Wildman–Crippen MR) is 86.5 cm³/mol. The maximum Gasteiger partial charge on any atom is 0.311 e. The molecule has 0 aliphatic heterocycles. The van der Waals surface area contributed by atoms with Gasteiger partial charge in [-0.2, -0.15) is 0 Å². The van der Waals surface area contributed by atoms with E-state index in [1.54, 1.807) is 0 Å². The van der Waals surface area contributed by atoms with Crippen molar-refractivity contribution in [3.05, 3.63) is 0 Å². The third kappa shape index (κ3) is 13.6. The number of hydrogen-bond acceptors (Lipinski definition) is 4. The van der Waals surface area contributed by atoms with Gasteiger partial charge in [0.1, 0.15) is 0 Å². The molecule has 0 bridgehead atoms. The van der Waals surface area contributed by atoms with Crippen molar-refractivity contribution < 1.29 is 17.5 Å². The van der Waals surface area contributed by atoms with E-state index in [1.165, 1.54) is 0 Å². The van der Waals surface area contributed by atoms with Crippen molar-refractivity contribution in [2.75, 3.05) is 26.5 Å². The Hall–Kier alpha value is 1.13. The van der Waals surface area contributed by atoms with Gasteiger partial charge in [0.15, 0.2) is 16.6 Å². The van der Waals surface area contributed by atoms with Crippen molar-refractivity contribution in [2.24, 2.45) is 0 Å². The van der Waals surface area contributed by atoms with Crippen molar-refractivity contribution in [3.63, 3.8) is 0 Å². The molecule has 0 atom stereocenters. The lowest BCUT2D eigenvalue weighted by molar-refractivity contribution is 0.208. The van der Waals surface area contributed by atoms with Crippen molar-refractivity contribution in [3.8, 4) is 0 Å². The fourth-order valence-corrected chi connectivity index (χ4v) is 6.00. The largest absolute Gasteiger partial charge is 0.357 e. The van der Waals surface area contributed by atoms with E-state index in [0.717, 1.165) is 0 Å². The Labute approximate surface area is 117 Å². The lowest BCUT2D eigenvalue weighted by Crippen LogP contribution is -2.29. The van der Waals surface area contributed by atoms with Crippen LogP contribution in [0.3, 0.4) is 0 Å². The molecular weight excluding hydrogens is 302 g/mol. The summed E-state index contributed by atoms with van der Waals surface area (Å²) in [4.78, 5) is 0. The van der Waals surface area contributed by atoms with Crippen LogP contribution in [-0.4, -0.2) is 43.2 Å². The van der Waals surface area contributed by atoms with Crippen LogP contribution in [0.15, 0.2) is 0 Å². The van der Waals surface area contributed by atoms with Gasteiger partial charge in [0.05, 0.1) is 13.2 Å². The Bertz CT molecular complexity index is 213. The molecule has 0 aromatic heterocycles. The lowest BCUT2D eigenvalue weighted by Gasteiger charge is -2.29. The van der Waals surface area contributed by atoms with Gasteiger partial charge in [0.2, 0.25) is 0 Å². The van der Waals surface area contributed by atoms with E-state index in [4.69, 9.17) is 17.5 Å². The molecule has 4 nitrogen and oxygen atoms in total. The molecule has 0 aliphatic carbocycles. The summed E-state index contributed by atoms with van der Waals surface area (Å²) in [5, 5.41) is 0. The Morgan fingerprint density at radius 3 is 1.44 bits per heavy atom. The highest BCUT2D eigenvalue weighted by Gasteiger charge is 2.29. The van der Waals surface area contributed by atoms with Gasteiger partial charge >= 0.3 is 8.60 Å². The van der Waals surface area contributed by atoms with E-state index in [0.29, 0.717) is 13.2 Å². The van der Waals surface area contributed by atoms with Crippen LogP contribution in [0.5, 0.6) is 0 Å². The van der Waals surface area contributed by atoms with Crippen LogP contribution in [0.1, 0.15) is 0 Å². The highest BCUT2D eigenvalue weighted by atomic mass is 31.2. The van der Waals surface area contributed by atoms with Crippen LogP contribution >= 0.6 is 16.8 Å². The summed E-state index contributed by atoms with van der Waals surface area (Å²) >= 11 is 0. The molecule has 0 fully saturated rings. The number of hydrogen-bond donors (Lipinski definition) is 0. The van der Waals surface area contributed by atoms with E-state index < -0.39 is 25.2 Å². The topological polar surface area (TPSA) is 36.9 Å². The Morgan fingerprint density at radius 1 is 0.722 bits per heavy atom. The molecule has 0 spiro atoms. The normalized spacial score (nSPS) is 13.7. The van der Waals surface area contributed by atoms with E-state index >= 15 is 0 Å². The first kappa shape index (κ1) is 19.1. The lowest BCUT2D eigenvalue weighted by atomic mass is 10.8. The monoisotopic (exact) mass is 330 g/mol. The SMILES string of the molecule is CP(C)OCCOP(O[Si](C)(C)C)O[Si](C)(C)C. The Morgan fingerprint density at radius 2 is 1.11 bits per heavy atom. The maximum absolute atomic E-state index is 5.96. The average Bonchev–Trinajstić information content (AvgIpc) is 2.06. The maximum atomic E-state index is 5.96. The molecular formula is C10H28O4P2Si2. The van der Waals surface area contributed by atoms with Crippen LogP contribution < -0.4 is 0 Å². The zero-order valence-corrected chi connectivity index (χ0v) is 16.7. The number of rotatable bonds is 9. The minimum Gasteiger partial charge on any atom is -0.357 e. The van der Waals surface area contributed by atoms with Crippen LogP contribution in [0.2, 0.25) is 39.3 Å². The molecule has 0 saturated heterocycles. The second-order valence-corrected chi connectivity index (χ2v) is 18.6. The van der Waals surface area contributed by atoms with Gasteiger partial charge in [-0.05, 0) is 52.6 Å². The van der Waals surface area contributed by atoms with Crippen LogP contribution in [-0.2, 0) is 17.5 Å². The van der Waals surface area contributed by atoms with Gasteiger partial charge in [0, 0.05) is 8.15 Å². The molecule has 0 saturated carbocycles. The standard InChI is InChI=1S/C10H28O4P2Si2/c1-15(2)11-9-10-12-16(13-17(3,4)5)14-18(6,7)8/h9-10H2,1-8H3. The van der Waals surface area contributed by atoms with Crippen molar-refractivity contribution >= 4 is 33.4 Å². The van der Waals surface area contributed by atoms with Gasteiger partial charge < -0.3 is 17.5 Å². The molecule has 8 heteroatoms. The van der Waals surface area contributed by atoms with Crippen LogP contribution in [0.25, 0.3) is 0 Å². The van der Waals surface area contributed by atoms with Gasteiger partial charge in [-0.25, -0.2) is 0 Å². The first-order valence-corrected chi connectivity index (χ1v) is 16.2. The highest BCUT2D eigenvalue weighted by Crippen LogP contribution is 2.45. The fourth-order valence-electron chi connectivity index (χ4n) is 0.850. The molecule has 18 heavy (non-hydrogen) atoms. The molecule has 0 aliphatic rings. The molecule has 0 amide bonds. The van der Waals surface area contributed by atoms with Crippen molar-refractivity contribution in [1.82, 2.24) is 0 Å². The highest BCUT2D eigenvalue weighted by molar-refractivity contribution is 7.50. The average molecular weight is 330 g/mol. The third-order valence-electron chi connectivity index (χ3n) is 1.33. The van der Waals surface area contributed by atoms with Gasteiger partial charge in [-0.3, -0.25) is 0 Å². The van der Waals surface area contributed by atoms with Crippen LogP contribution in [0.4, 0.5) is 0 Å². The summed E-state index contributed by atoms with van der Waals surface area (Å²) in [6.07, 6.45) is 0. The third-order valence-corrected chi connectivity index (χ3v) is 7.99. The van der Waals surface area contributed by atoms with Gasteiger partial charge in [-0.15, -0.1) is 0 Å². The summed E-state index contributed by atoms with van der Waals surface area (Å²) in [5.74, 6) is 0. The molecule has 110 valence electrons. The second kappa shape index (κ2) is 8.43. The first-order valence-electron chi connectivity index (χ1n) is 6.11. The summed E-state index contributed by atoms with van der Waals surface area (Å²) in [6.45, 7) is 18.2. The minimum absolute atomic E-state index is 0.322. The summed E-state index contributed by atoms with van der Waals surface area (Å²) in [7, 11) is -4.81. The Kier molecular flexibility index (Phi) is 8.96. The zero-order chi connectivity index (χ0) is 14.4. The van der Waals surface area contributed by atoms with Crippen molar-refractivity contribution in [2.45, 2.75) is 39.3 Å². The summed E-state index contributed by atoms with van der Waals surface area (Å²) in [6, 6.07) is 0. The Balaban J connectivity index is 4.14. The molecule has 0 radical (unpaired) electrons. The first-order chi connectivity index (χ1) is 7.99. The fraction of sp³-hybridized carbons (Fsp3) is 1.00. The summed E-state index contributed by atoms with van der Waals surface area (Å²) in [5.41, 5.74) is 0. The molecule has 0 aromatic rings. The molecule has 0 aromatic carbocycles. The molecule has 0 unspecified atom stereocenters. The predicted octanol–water partition coefficient (Wildman–Crippen LogP) is 4.61. The molecule has 0 heterocycles. The van der Waals surface area contributed by atoms with E-state index in [1.807, 2.05) is 0 Å². The van der Waals surface area contributed by atoms with Crippen molar-refractivity contribution in [1.29, 1.82) is 0 Å². The minimum atomic E-state index is -1.64. The quantitative estimate of drug-likeness (QED) is 0.351. The van der Waals surface area contributed by atoms with Gasteiger partial charge in [0.25, 0.3) is 0 Å². The molecule has 0 N–H and O–H groups in total. The van der Waals surface area contributed by atoms with Crippen LogP contribution in [0, 0.1) is 0 Å². The van der Waals surface area contributed by atoms with E-state index in [-0.39, 0.29) is 8.15 Å². The van der Waals surface area contributed by atoms with E-state index in [2.05, 4.69) is 52.6 Å². The molecule has 0 rings (SSSR count). The van der Waals surface area contributed by atoms with E-state index in [9.17, 15) is 0 Å². The summed E-state index contributed by atoms with van der Waals surface area (Å²) < 4.78 is 23.2. The van der Waals surface area contributed by atoms with Gasteiger partial charge in [-0.1, -0.05) is 0 Å². The zero-order valence-electron chi connectivity index (χ0n) is 12.9. The smallest absolute Gasteiger partial charge is 0.311 e.